The summed E-state index contributed by atoms with van der Waals surface area (Å²) in [6, 6.07) is 26.9. The maximum absolute atomic E-state index is 13.3. The molecule has 1 N–H and O–H groups in total. The topological polar surface area (TPSA) is 56.1 Å². The molecule has 0 unspecified atom stereocenters. The van der Waals surface area contributed by atoms with Gasteiger partial charge in [-0.05, 0) is 29.8 Å². The highest BCUT2D eigenvalue weighted by Crippen LogP contribution is 2.39. The number of benzene rings is 3. The molecule has 29 heavy (non-hydrogen) atoms. The highest BCUT2D eigenvalue weighted by Gasteiger charge is 2.34. The molecule has 5 heteroatoms. The lowest BCUT2D eigenvalue weighted by atomic mass is 10.0. The number of halogens is 1. The maximum atomic E-state index is 13.3. The van der Waals surface area contributed by atoms with Crippen LogP contribution in [0.4, 0.5) is 11.4 Å². The molecule has 0 atom stereocenters. The van der Waals surface area contributed by atoms with Gasteiger partial charge in [-0.1, -0.05) is 66.2 Å². The molecule has 142 valence electrons. The van der Waals surface area contributed by atoms with E-state index in [1.54, 1.807) is 17.0 Å². The van der Waals surface area contributed by atoms with Gasteiger partial charge in [0.15, 0.2) is 0 Å². The number of fused-ring (bicyclic) bond motifs is 1. The highest BCUT2D eigenvalue weighted by molar-refractivity contribution is 6.33. The molecule has 3 aromatic rings. The van der Waals surface area contributed by atoms with Gasteiger partial charge in [-0.25, -0.2) is 0 Å². The van der Waals surface area contributed by atoms with E-state index in [1.165, 1.54) is 0 Å². The van der Waals surface area contributed by atoms with Gasteiger partial charge in [0.25, 0.3) is 5.91 Å². The molecule has 0 spiro atoms. The molecule has 1 heterocycles. The fourth-order valence-corrected chi connectivity index (χ4v) is 3.66. The summed E-state index contributed by atoms with van der Waals surface area (Å²) in [6.07, 6.45) is 0. The number of hydrogen-bond acceptors (Lipinski definition) is 3. The van der Waals surface area contributed by atoms with Crippen LogP contribution in [0, 0.1) is 11.3 Å². The zero-order valence-corrected chi connectivity index (χ0v) is 16.4. The van der Waals surface area contributed by atoms with E-state index in [-0.39, 0.29) is 12.5 Å². The first-order valence-electron chi connectivity index (χ1n) is 9.25. The number of nitrogens with zero attached hydrogens (tertiary/aromatic N) is 2. The second-order valence-electron chi connectivity index (χ2n) is 6.72. The van der Waals surface area contributed by atoms with Gasteiger partial charge in [-0.15, -0.1) is 0 Å². The Morgan fingerprint density at radius 1 is 1.00 bits per heavy atom. The maximum Gasteiger partial charge on any atom is 0.260 e. The predicted molar refractivity (Wildman–Crippen MR) is 117 cm³/mol. The molecule has 0 saturated carbocycles. The second kappa shape index (κ2) is 8.22. The molecule has 1 aliphatic heterocycles. The standard InChI is InChI=1S/C24H18ClN3O/c25-19-9-6-10-20(13-19)27-15-18(14-26)23-21-11-4-5-12-22(21)28(24(23)29)16-17-7-2-1-3-8-17/h1-13,27H,15-16H2/b23-18-. The third-order valence-corrected chi connectivity index (χ3v) is 5.07. The number of para-hydroxylation sites is 1. The predicted octanol–water partition coefficient (Wildman–Crippen LogP) is 5.28. The van der Waals surface area contributed by atoms with E-state index in [9.17, 15) is 10.1 Å². The number of carbonyl (C=O) groups excluding carboxylic acids is 1. The minimum Gasteiger partial charge on any atom is -0.380 e. The first-order valence-corrected chi connectivity index (χ1v) is 9.63. The van der Waals surface area contributed by atoms with Gasteiger partial charge < -0.3 is 10.2 Å². The van der Waals surface area contributed by atoms with Crippen LogP contribution in [-0.4, -0.2) is 12.5 Å². The molecule has 0 aromatic heterocycles. The van der Waals surface area contributed by atoms with Crippen molar-refractivity contribution < 1.29 is 4.79 Å². The molecule has 0 fully saturated rings. The lowest BCUT2D eigenvalue weighted by Gasteiger charge is -2.17. The molecule has 1 amide bonds. The zero-order valence-electron chi connectivity index (χ0n) is 15.6. The van der Waals surface area contributed by atoms with Crippen LogP contribution in [0.1, 0.15) is 11.1 Å². The van der Waals surface area contributed by atoms with Crippen LogP contribution in [0.2, 0.25) is 5.02 Å². The Morgan fingerprint density at radius 3 is 2.52 bits per heavy atom. The van der Waals surface area contributed by atoms with Gasteiger partial charge in [-0.3, -0.25) is 4.79 Å². The van der Waals surface area contributed by atoms with E-state index in [0.29, 0.717) is 22.7 Å². The number of nitrogens with one attached hydrogen (secondary N) is 1. The Balaban J connectivity index is 1.68. The van der Waals surface area contributed by atoms with Crippen LogP contribution < -0.4 is 10.2 Å². The number of amides is 1. The Bertz CT molecular complexity index is 1130. The van der Waals surface area contributed by atoms with Crippen molar-refractivity contribution in [1.82, 2.24) is 0 Å². The van der Waals surface area contributed by atoms with Crippen LogP contribution in [0.15, 0.2) is 84.4 Å². The third kappa shape index (κ3) is 3.87. The van der Waals surface area contributed by atoms with Gasteiger partial charge >= 0.3 is 0 Å². The summed E-state index contributed by atoms with van der Waals surface area (Å²) in [5, 5.41) is 13.6. The van der Waals surface area contributed by atoms with Crippen molar-refractivity contribution in [1.29, 1.82) is 5.26 Å². The monoisotopic (exact) mass is 399 g/mol. The molecule has 4 rings (SSSR count). The molecule has 0 radical (unpaired) electrons. The van der Waals surface area contributed by atoms with Crippen LogP contribution in [0.25, 0.3) is 5.57 Å². The van der Waals surface area contributed by atoms with Crippen molar-refractivity contribution >= 4 is 34.5 Å². The van der Waals surface area contributed by atoms with Crippen LogP contribution in [0.3, 0.4) is 0 Å². The first kappa shape index (κ1) is 18.8. The fraction of sp³-hybridized carbons (Fsp3) is 0.0833. The molecule has 1 aliphatic rings. The van der Waals surface area contributed by atoms with Crippen molar-refractivity contribution in [2.45, 2.75) is 6.54 Å². The average Bonchev–Trinajstić information content (AvgIpc) is 3.02. The third-order valence-electron chi connectivity index (χ3n) is 4.84. The number of rotatable bonds is 5. The minimum absolute atomic E-state index is 0.153. The molecule has 3 aromatic carbocycles. The molecular weight excluding hydrogens is 382 g/mol. The average molecular weight is 400 g/mol. The summed E-state index contributed by atoms with van der Waals surface area (Å²) < 4.78 is 0. The number of hydrogen-bond donors (Lipinski definition) is 1. The largest absolute Gasteiger partial charge is 0.380 e. The quantitative estimate of drug-likeness (QED) is 0.469. The summed E-state index contributed by atoms with van der Waals surface area (Å²) in [5.74, 6) is -0.153. The van der Waals surface area contributed by atoms with Crippen LogP contribution in [0.5, 0.6) is 0 Å². The lowest BCUT2D eigenvalue weighted by molar-refractivity contribution is -0.113. The van der Waals surface area contributed by atoms with E-state index in [2.05, 4.69) is 11.4 Å². The van der Waals surface area contributed by atoms with E-state index in [0.717, 1.165) is 22.5 Å². The molecule has 0 aliphatic carbocycles. The summed E-state index contributed by atoms with van der Waals surface area (Å²) in [5.41, 5.74) is 4.30. The van der Waals surface area contributed by atoms with Crippen molar-refractivity contribution in [3.05, 3.63) is 101 Å². The summed E-state index contributed by atoms with van der Waals surface area (Å²) in [4.78, 5) is 15.0. The summed E-state index contributed by atoms with van der Waals surface area (Å²) in [6.45, 7) is 0.700. The Kier molecular flexibility index (Phi) is 5.33. The van der Waals surface area contributed by atoms with Gasteiger partial charge in [-0.2, -0.15) is 5.26 Å². The van der Waals surface area contributed by atoms with Gasteiger partial charge in [0.05, 0.1) is 36.0 Å². The molecule has 0 bridgehead atoms. The van der Waals surface area contributed by atoms with E-state index in [1.807, 2.05) is 66.7 Å². The van der Waals surface area contributed by atoms with Crippen LogP contribution in [-0.2, 0) is 11.3 Å². The number of carbonyl (C=O) groups is 1. The van der Waals surface area contributed by atoms with Gasteiger partial charge in [0, 0.05) is 16.3 Å². The van der Waals surface area contributed by atoms with Crippen molar-refractivity contribution in [2.75, 3.05) is 16.8 Å². The Morgan fingerprint density at radius 2 is 1.76 bits per heavy atom. The summed E-state index contributed by atoms with van der Waals surface area (Å²) in [7, 11) is 0. The Hall–Kier alpha value is -3.55. The highest BCUT2D eigenvalue weighted by atomic mass is 35.5. The molecular formula is C24H18ClN3O. The van der Waals surface area contributed by atoms with E-state index < -0.39 is 0 Å². The smallest absolute Gasteiger partial charge is 0.260 e. The zero-order chi connectivity index (χ0) is 20.2. The lowest BCUT2D eigenvalue weighted by Crippen LogP contribution is -2.26. The SMILES string of the molecule is N#C/C(CNc1cccc(Cl)c1)=C1/C(=O)N(Cc2ccccc2)c2ccccc21. The van der Waals surface area contributed by atoms with Crippen molar-refractivity contribution in [3.8, 4) is 6.07 Å². The molecule has 4 nitrogen and oxygen atoms in total. The van der Waals surface area contributed by atoms with E-state index in [4.69, 9.17) is 11.6 Å². The number of anilines is 2. The van der Waals surface area contributed by atoms with Crippen molar-refractivity contribution in [2.24, 2.45) is 0 Å². The fourth-order valence-electron chi connectivity index (χ4n) is 3.47. The minimum atomic E-state index is -0.153. The number of nitriles is 1. The first-order chi connectivity index (χ1) is 14.2. The Labute approximate surface area is 174 Å². The normalized spacial score (nSPS) is 14.3. The second-order valence-corrected chi connectivity index (χ2v) is 7.16. The molecule has 0 saturated heterocycles. The van der Waals surface area contributed by atoms with Crippen molar-refractivity contribution in [3.63, 3.8) is 0 Å². The van der Waals surface area contributed by atoms with Crippen LogP contribution >= 0.6 is 11.6 Å². The van der Waals surface area contributed by atoms with Gasteiger partial charge in [0.2, 0.25) is 0 Å². The summed E-state index contributed by atoms with van der Waals surface area (Å²) >= 11 is 6.03. The van der Waals surface area contributed by atoms with E-state index >= 15 is 0 Å². The van der Waals surface area contributed by atoms with Gasteiger partial charge in [0.1, 0.15) is 0 Å².